The van der Waals surface area contributed by atoms with Crippen LogP contribution in [0.2, 0.25) is 0 Å². The highest BCUT2D eigenvalue weighted by atomic mass is 16.8. The highest BCUT2D eigenvalue weighted by Crippen LogP contribution is 2.72. The van der Waals surface area contributed by atoms with E-state index in [0.29, 0.717) is 38.2 Å². The molecule has 39 heavy (non-hydrogen) atoms. The van der Waals surface area contributed by atoms with Crippen molar-refractivity contribution < 1.29 is 28.8 Å². The number of carbonyl (C=O) groups is 1. The molecule has 210 valence electrons. The molecule has 0 amide bonds. The molecule has 1 N–H and O–H groups in total. The van der Waals surface area contributed by atoms with Gasteiger partial charge in [-0.05, 0) is 63.2 Å². The second kappa shape index (κ2) is 8.04. The molecule has 2 aromatic rings. The van der Waals surface area contributed by atoms with Crippen molar-refractivity contribution in [3.05, 3.63) is 47.2 Å². The van der Waals surface area contributed by atoms with Crippen molar-refractivity contribution in [2.75, 3.05) is 13.7 Å². The molecule has 2 bridgehead atoms. The van der Waals surface area contributed by atoms with Gasteiger partial charge in [0.05, 0.1) is 11.6 Å². The maximum absolute atomic E-state index is 13.5. The van der Waals surface area contributed by atoms with Gasteiger partial charge in [-0.25, -0.2) is 0 Å². The Bertz CT molecular complexity index is 1410. The molecule has 2 saturated carbocycles. The molecule has 7 atom stereocenters. The number of fused-ring (bicyclic) bond motifs is 9. The number of hydrogen-bond acceptors (Lipinski definition) is 6. The Balaban J connectivity index is 1.48. The summed E-state index contributed by atoms with van der Waals surface area (Å²) in [4.78, 5) is 13.5. The SMILES string of the molecule is CCCO[C@H]1C[C@H]2Cc3c(n(COC)c4ccccc34)[C@]2(C)[C@@]2(C)CC[C@@]34OC(C(=O)C=C3[C@]12O)C(C)(C)O4. The number of methoxy groups -OCH3 is 1. The zero-order chi connectivity index (χ0) is 27.6. The lowest BCUT2D eigenvalue weighted by molar-refractivity contribution is -0.281. The zero-order valence-electron chi connectivity index (χ0n) is 24.0. The van der Waals surface area contributed by atoms with Crippen LogP contribution in [0.3, 0.4) is 0 Å². The third kappa shape index (κ3) is 2.88. The van der Waals surface area contributed by atoms with E-state index in [0.717, 1.165) is 18.4 Å². The highest BCUT2D eigenvalue weighted by molar-refractivity contribution is 5.97. The van der Waals surface area contributed by atoms with Gasteiger partial charge in [-0.2, -0.15) is 0 Å². The number of benzene rings is 1. The summed E-state index contributed by atoms with van der Waals surface area (Å²) >= 11 is 0. The van der Waals surface area contributed by atoms with Crippen molar-refractivity contribution in [1.29, 1.82) is 0 Å². The third-order valence-corrected chi connectivity index (χ3v) is 11.3. The predicted molar refractivity (Wildman–Crippen MR) is 146 cm³/mol. The first-order valence-corrected chi connectivity index (χ1v) is 14.6. The smallest absolute Gasteiger partial charge is 0.195 e. The van der Waals surface area contributed by atoms with Crippen LogP contribution in [-0.2, 0) is 42.3 Å². The lowest BCUT2D eigenvalue weighted by Gasteiger charge is -2.67. The largest absolute Gasteiger partial charge is 0.382 e. The van der Waals surface area contributed by atoms with E-state index >= 15 is 0 Å². The van der Waals surface area contributed by atoms with E-state index in [4.69, 9.17) is 18.9 Å². The fourth-order valence-corrected chi connectivity index (χ4v) is 9.40. The van der Waals surface area contributed by atoms with Crippen LogP contribution < -0.4 is 0 Å². The van der Waals surface area contributed by atoms with E-state index in [1.54, 1.807) is 13.2 Å². The molecule has 0 radical (unpaired) electrons. The molecular formula is C32H41NO6. The van der Waals surface area contributed by atoms with Crippen LogP contribution in [0.25, 0.3) is 10.9 Å². The van der Waals surface area contributed by atoms with Crippen molar-refractivity contribution in [2.24, 2.45) is 11.3 Å². The predicted octanol–water partition coefficient (Wildman–Crippen LogP) is 4.80. The van der Waals surface area contributed by atoms with Crippen LogP contribution in [-0.4, -0.2) is 58.4 Å². The molecule has 2 aliphatic heterocycles. The topological polar surface area (TPSA) is 79.2 Å². The van der Waals surface area contributed by atoms with Gasteiger partial charge in [0.2, 0.25) is 0 Å². The summed E-state index contributed by atoms with van der Waals surface area (Å²) in [5.41, 5.74) is 1.02. The van der Waals surface area contributed by atoms with Crippen molar-refractivity contribution in [2.45, 2.75) is 108 Å². The number of para-hydroxylation sites is 1. The van der Waals surface area contributed by atoms with Gasteiger partial charge < -0.3 is 28.6 Å². The average molecular weight is 536 g/mol. The molecule has 3 fully saturated rings. The van der Waals surface area contributed by atoms with Crippen LogP contribution in [0, 0.1) is 11.3 Å². The molecule has 3 heterocycles. The summed E-state index contributed by atoms with van der Waals surface area (Å²) in [5.74, 6) is -0.984. The maximum atomic E-state index is 13.5. The molecule has 7 rings (SSSR count). The number of carbonyl (C=O) groups excluding carboxylic acids is 1. The van der Waals surface area contributed by atoms with E-state index in [1.807, 2.05) is 13.8 Å². The fraction of sp³-hybridized carbons (Fsp3) is 0.656. The van der Waals surface area contributed by atoms with E-state index in [2.05, 4.69) is 49.6 Å². The van der Waals surface area contributed by atoms with Gasteiger partial charge in [0, 0.05) is 47.6 Å². The van der Waals surface area contributed by atoms with Gasteiger partial charge in [0.1, 0.15) is 17.9 Å². The number of rotatable bonds is 5. The fourth-order valence-electron chi connectivity index (χ4n) is 9.40. The molecule has 3 aliphatic carbocycles. The summed E-state index contributed by atoms with van der Waals surface area (Å²) in [6.45, 7) is 11.4. The zero-order valence-corrected chi connectivity index (χ0v) is 24.0. The summed E-state index contributed by atoms with van der Waals surface area (Å²) in [6.07, 6.45) is 4.22. The minimum absolute atomic E-state index is 0.136. The van der Waals surface area contributed by atoms with E-state index < -0.39 is 40.0 Å². The normalized spacial score (nSPS) is 41.7. The molecule has 7 heteroatoms. The van der Waals surface area contributed by atoms with E-state index in [-0.39, 0.29) is 11.7 Å². The molecule has 1 unspecified atom stereocenters. The average Bonchev–Trinajstić information content (AvgIpc) is 3.46. The second-order valence-electron chi connectivity index (χ2n) is 13.4. The number of ether oxygens (including phenoxy) is 4. The molecule has 1 aromatic carbocycles. The minimum Gasteiger partial charge on any atom is -0.382 e. The lowest BCUT2D eigenvalue weighted by Crippen LogP contribution is -2.75. The van der Waals surface area contributed by atoms with Crippen LogP contribution in [0.5, 0.6) is 0 Å². The van der Waals surface area contributed by atoms with E-state index in [9.17, 15) is 9.90 Å². The molecule has 1 saturated heterocycles. The quantitative estimate of drug-likeness (QED) is 0.592. The first-order chi connectivity index (χ1) is 18.5. The number of ketones is 1. The van der Waals surface area contributed by atoms with Gasteiger partial charge in [-0.1, -0.05) is 39.0 Å². The Kier molecular flexibility index (Phi) is 5.34. The summed E-state index contributed by atoms with van der Waals surface area (Å²) in [6, 6.07) is 8.55. The van der Waals surface area contributed by atoms with Gasteiger partial charge in [0.15, 0.2) is 17.7 Å². The minimum atomic E-state index is -1.46. The molecular weight excluding hydrogens is 494 g/mol. The van der Waals surface area contributed by atoms with Crippen molar-refractivity contribution in [1.82, 2.24) is 4.57 Å². The number of aliphatic hydroxyl groups is 1. The highest BCUT2D eigenvalue weighted by Gasteiger charge is 2.78. The first-order valence-electron chi connectivity index (χ1n) is 14.6. The van der Waals surface area contributed by atoms with Gasteiger partial charge >= 0.3 is 0 Å². The Morgan fingerprint density at radius 2 is 1.92 bits per heavy atom. The summed E-state index contributed by atoms with van der Waals surface area (Å²) in [7, 11) is 1.74. The van der Waals surface area contributed by atoms with Crippen LogP contribution in [0.4, 0.5) is 0 Å². The van der Waals surface area contributed by atoms with Crippen molar-refractivity contribution in [3.8, 4) is 0 Å². The summed E-state index contributed by atoms with van der Waals surface area (Å²) < 4.78 is 27.7. The molecule has 5 aliphatic rings. The maximum Gasteiger partial charge on any atom is 0.195 e. The van der Waals surface area contributed by atoms with Crippen molar-refractivity contribution in [3.63, 3.8) is 0 Å². The van der Waals surface area contributed by atoms with Gasteiger partial charge in [0.25, 0.3) is 0 Å². The third-order valence-electron chi connectivity index (χ3n) is 11.3. The first kappa shape index (κ1) is 25.9. The van der Waals surface area contributed by atoms with Crippen molar-refractivity contribution >= 4 is 16.7 Å². The lowest BCUT2D eigenvalue weighted by atomic mass is 9.41. The van der Waals surface area contributed by atoms with Gasteiger partial charge in [-0.3, -0.25) is 4.79 Å². The van der Waals surface area contributed by atoms with Crippen LogP contribution in [0.1, 0.15) is 71.6 Å². The molecule has 1 aromatic heterocycles. The van der Waals surface area contributed by atoms with Crippen LogP contribution >= 0.6 is 0 Å². The monoisotopic (exact) mass is 535 g/mol. The molecule has 7 nitrogen and oxygen atoms in total. The standard InChI is InChI=1S/C32H41NO6/c1-7-14-37-25-16-19-15-21-20-10-8-9-11-22(20)33(18-36-6)26(21)30(19,5)29(4)12-13-31-24(32(25,29)35)17-23(34)27(38-31)28(2,3)39-31/h8-11,17,19,25,27,35H,7,12-16,18H2,1-6H3/t19-,25+,27?,29-,30-,31+,32+/m1/s1. The Labute approximate surface area is 230 Å². The summed E-state index contributed by atoms with van der Waals surface area (Å²) in [5, 5.41) is 14.6. The number of nitrogens with zero attached hydrogens (tertiary/aromatic N) is 1. The second-order valence-corrected chi connectivity index (χ2v) is 13.4. The number of hydrogen-bond donors (Lipinski definition) is 1. The van der Waals surface area contributed by atoms with E-state index in [1.165, 1.54) is 16.6 Å². The van der Waals surface area contributed by atoms with Gasteiger partial charge in [-0.15, -0.1) is 0 Å². The Hall–Kier alpha value is -2.03. The Morgan fingerprint density at radius 3 is 2.67 bits per heavy atom. The number of aromatic nitrogens is 1. The Morgan fingerprint density at radius 1 is 1.15 bits per heavy atom. The molecule has 1 spiro atoms. The van der Waals surface area contributed by atoms with Crippen LogP contribution in [0.15, 0.2) is 35.9 Å².